The Bertz CT molecular complexity index is 412. The van der Waals surface area contributed by atoms with Crippen LogP contribution < -0.4 is 5.32 Å². The molecule has 0 saturated carbocycles. The smallest absolute Gasteiger partial charge is 0.148 e. The van der Waals surface area contributed by atoms with Crippen molar-refractivity contribution in [3.8, 4) is 0 Å². The van der Waals surface area contributed by atoms with E-state index in [-0.39, 0.29) is 0 Å². The van der Waals surface area contributed by atoms with E-state index < -0.39 is 0 Å². The van der Waals surface area contributed by atoms with Gasteiger partial charge in [0, 0.05) is 17.3 Å². The highest BCUT2D eigenvalue weighted by molar-refractivity contribution is 7.11. The summed E-state index contributed by atoms with van der Waals surface area (Å²) in [5.41, 5.74) is 0. The number of thiazole rings is 1. The summed E-state index contributed by atoms with van der Waals surface area (Å²) in [6.07, 6.45) is 4.63. The third kappa shape index (κ3) is 2.73. The first-order valence-electron chi connectivity index (χ1n) is 4.83. The topological polar surface area (TPSA) is 50.7 Å². The van der Waals surface area contributed by atoms with Crippen molar-refractivity contribution < 1.29 is 0 Å². The van der Waals surface area contributed by atoms with Crippen molar-refractivity contribution in [3.63, 3.8) is 0 Å². The Morgan fingerprint density at radius 1 is 1.47 bits per heavy atom. The van der Waals surface area contributed by atoms with Crippen LogP contribution in [0.25, 0.3) is 0 Å². The molecule has 2 rings (SSSR count). The summed E-state index contributed by atoms with van der Waals surface area (Å²) in [4.78, 5) is 5.62. The van der Waals surface area contributed by atoms with Gasteiger partial charge in [-0.05, 0) is 18.6 Å². The lowest BCUT2D eigenvalue weighted by molar-refractivity contribution is 0.993. The van der Waals surface area contributed by atoms with Gasteiger partial charge >= 0.3 is 0 Å². The highest BCUT2D eigenvalue weighted by Crippen LogP contribution is 2.14. The van der Waals surface area contributed by atoms with E-state index >= 15 is 0 Å². The lowest BCUT2D eigenvalue weighted by Crippen LogP contribution is -2.00. The number of rotatable bonds is 4. The summed E-state index contributed by atoms with van der Waals surface area (Å²) in [6.45, 7) is 2.84. The Balaban J connectivity index is 1.93. The van der Waals surface area contributed by atoms with E-state index in [4.69, 9.17) is 0 Å². The Morgan fingerprint density at radius 3 is 3.07 bits per heavy atom. The van der Waals surface area contributed by atoms with E-state index in [1.165, 1.54) is 4.88 Å². The summed E-state index contributed by atoms with van der Waals surface area (Å²) >= 11 is 1.73. The van der Waals surface area contributed by atoms with Crippen molar-refractivity contribution in [2.75, 3.05) is 5.32 Å². The second kappa shape index (κ2) is 4.84. The third-order valence-electron chi connectivity index (χ3n) is 1.94. The monoisotopic (exact) mass is 220 g/mol. The van der Waals surface area contributed by atoms with Gasteiger partial charge in [0.15, 0.2) is 0 Å². The molecule has 1 N–H and O–H groups in total. The van der Waals surface area contributed by atoms with Gasteiger partial charge in [-0.2, -0.15) is 5.10 Å². The molecule has 0 aromatic carbocycles. The van der Waals surface area contributed by atoms with Crippen LogP contribution in [-0.4, -0.2) is 15.2 Å². The molecule has 0 aliphatic heterocycles. The van der Waals surface area contributed by atoms with Gasteiger partial charge in [0.25, 0.3) is 0 Å². The molecular formula is C10H12N4S. The van der Waals surface area contributed by atoms with Crippen LogP contribution >= 0.6 is 11.3 Å². The normalized spacial score (nSPS) is 10.2. The van der Waals surface area contributed by atoms with Gasteiger partial charge in [-0.1, -0.05) is 6.92 Å². The van der Waals surface area contributed by atoms with E-state index in [1.54, 1.807) is 17.5 Å². The zero-order chi connectivity index (χ0) is 10.5. The molecule has 0 atom stereocenters. The first-order chi connectivity index (χ1) is 7.38. The maximum atomic E-state index is 4.31. The van der Waals surface area contributed by atoms with Gasteiger partial charge in [-0.3, -0.25) is 0 Å². The summed E-state index contributed by atoms with van der Waals surface area (Å²) in [5, 5.41) is 12.0. The fourth-order valence-electron chi connectivity index (χ4n) is 1.16. The van der Waals surface area contributed by atoms with Crippen LogP contribution in [0.5, 0.6) is 0 Å². The Morgan fingerprint density at radius 2 is 2.40 bits per heavy atom. The summed E-state index contributed by atoms with van der Waals surface area (Å²) in [6, 6.07) is 3.75. The molecule has 0 unspecified atom stereocenters. The second-order valence-electron chi connectivity index (χ2n) is 3.04. The predicted octanol–water partition coefficient (Wildman–Crippen LogP) is 2.11. The van der Waals surface area contributed by atoms with Crippen LogP contribution in [-0.2, 0) is 13.0 Å². The fraction of sp³-hybridized carbons (Fsp3) is 0.300. The van der Waals surface area contributed by atoms with Crippen molar-refractivity contribution in [1.82, 2.24) is 15.2 Å². The highest BCUT2D eigenvalue weighted by atomic mass is 32.1. The molecule has 0 spiro atoms. The lowest BCUT2D eigenvalue weighted by Gasteiger charge is -2.00. The van der Waals surface area contributed by atoms with Crippen molar-refractivity contribution in [1.29, 1.82) is 0 Å². The fourth-order valence-corrected chi connectivity index (χ4v) is 1.96. The first-order valence-corrected chi connectivity index (χ1v) is 5.65. The SMILES string of the molecule is CCc1cnc(CNc2cccnn2)s1. The molecule has 0 aliphatic rings. The summed E-state index contributed by atoms with van der Waals surface area (Å²) in [5.74, 6) is 0.783. The second-order valence-corrected chi connectivity index (χ2v) is 4.24. The molecule has 2 aromatic rings. The lowest BCUT2D eigenvalue weighted by atomic mass is 10.4. The van der Waals surface area contributed by atoms with Crippen LogP contribution in [0.15, 0.2) is 24.5 Å². The summed E-state index contributed by atoms with van der Waals surface area (Å²) in [7, 11) is 0. The maximum absolute atomic E-state index is 4.31. The van der Waals surface area contributed by atoms with Gasteiger partial charge in [-0.15, -0.1) is 16.4 Å². The van der Waals surface area contributed by atoms with E-state index in [0.717, 1.165) is 17.2 Å². The number of aromatic nitrogens is 3. The largest absolute Gasteiger partial charge is 0.362 e. The molecule has 78 valence electrons. The van der Waals surface area contributed by atoms with Crippen molar-refractivity contribution in [2.24, 2.45) is 0 Å². The minimum absolute atomic E-state index is 0.712. The van der Waals surface area contributed by atoms with Crippen LogP contribution in [0.4, 0.5) is 5.82 Å². The van der Waals surface area contributed by atoms with Gasteiger partial charge in [0.05, 0.1) is 6.54 Å². The van der Waals surface area contributed by atoms with Crippen LogP contribution in [0, 0.1) is 0 Å². The minimum Gasteiger partial charge on any atom is -0.362 e. The molecule has 5 heteroatoms. The molecule has 0 fully saturated rings. The molecular weight excluding hydrogens is 208 g/mol. The van der Waals surface area contributed by atoms with Crippen molar-refractivity contribution in [2.45, 2.75) is 19.9 Å². The van der Waals surface area contributed by atoms with Crippen LogP contribution in [0.3, 0.4) is 0 Å². The van der Waals surface area contributed by atoms with E-state index in [1.807, 2.05) is 18.3 Å². The predicted molar refractivity (Wildman–Crippen MR) is 60.9 cm³/mol. The molecule has 4 nitrogen and oxygen atoms in total. The average molecular weight is 220 g/mol. The zero-order valence-electron chi connectivity index (χ0n) is 8.47. The number of anilines is 1. The highest BCUT2D eigenvalue weighted by Gasteiger charge is 2.00. The van der Waals surface area contributed by atoms with Gasteiger partial charge < -0.3 is 5.32 Å². The number of hydrogen-bond donors (Lipinski definition) is 1. The van der Waals surface area contributed by atoms with E-state index in [2.05, 4.69) is 27.4 Å². The van der Waals surface area contributed by atoms with Crippen molar-refractivity contribution in [3.05, 3.63) is 34.4 Å². The molecule has 0 aliphatic carbocycles. The zero-order valence-corrected chi connectivity index (χ0v) is 9.29. The molecule has 2 aromatic heterocycles. The molecule has 0 bridgehead atoms. The molecule has 15 heavy (non-hydrogen) atoms. The molecule has 0 radical (unpaired) electrons. The van der Waals surface area contributed by atoms with Crippen molar-refractivity contribution >= 4 is 17.2 Å². The van der Waals surface area contributed by atoms with Gasteiger partial charge in [-0.25, -0.2) is 4.98 Å². The molecule has 0 amide bonds. The number of aryl methyl sites for hydroxylation is 1. The minimum atomic E-state index is 0.712. The quantitative estimate of drug-likeness (QED) is 0.857. The van der Waals surface area contributed by atoms with E-state index in [0.29, 0.717) is 6.54 Å². The number of hydrogen-bond acceptors (Lipinski definition) is 5. The maximum Gasteiger partial charge on any atom is 0.148 e. The average Bonchev–Trinajstić information content (AvgIpc) is 2.76. The Hall–Kier alpha value is -1.49. The molecule has 0 saturated heterocycles. The Labute approximate surface area is 92.4 Å². The Kier molecular flexibility index (Phi) is 3.24. The standard InChI is InChI=1S/C10H12N4S/c1-2-8-6-12-10(15-8)7-11-9-4-3-5-13-14-9/h3-6H,2,7H2,1H3,(H,11,14). The van der Waals surface area contributed by atoms with Gasteiger partial charge in [0.1, 0.15) is 10.8 Å². The van der Waals surface area contributed by atoms with Crippen LogP contribution in [0.2, 0.25) is 0 Å². The summed E-state index contributed by atoms with van der Waals surface area (Å²) < 4.78 is 0. The van der Waals surface area contributed by atoms with Gasteiger partial charge in [0.2, 0.25) is 0 Å². The van der Waals surface area contributed by atoms with Crippen LogP contribution in [0.1, 0.15) is 16.8 Å². The third-order valence-corrected chi connectivity index (χ3v) is 3.08. The number of nitrogens with one attached hydrogen (secondary N) is 1. The number of nitrogens with zero attached hydrogens (tertiary/aromatic N) is 3. The molecule has 2 heterocycles. The van der Waals surface area contributed by atoms with E-state index in [9.17, 15) is 0 Å². The first kappa shape index (κ1) is 10.0.